The van der Waals surface area contributed by atoms with Gasteiger partial charge in [-0.15, -0.1) is 6.58 Å². The molecule has 0 heterocycles. The molecule has 0 saturated heterocycles. The molecule has 100 valence electrons. The zero-order valence-electron chi connectivity index (χ0n) is 12.1. The Bertz CT molecular complexity index is 216. The van der Waals surface area contributed by atoms with E-state index in [2.05, 4.69) is 38.7 Å². The average molecular weight is 237 g/mol. The maximum Gasteiger partial charge on any atom is 0.00400 e. The lowest BCUT2D eigenvalue weighted by atomic mass is 9.75. The van der Waals surface area contributed by atoms with Gasteiger partial charge < -0.3 is 5.32 Å². The van der Waals surface area contributed by atoms with E-state index in [1.807, 2.05) is 0 Å². The van der Waals surface area contributed by atoms with Gasteiger partial charge >= 0.3 is 0 Å². The number of hydrogen-bond acceptors (Lipinski definition) is 1. The highest BCUT2D eigenvalue weighted by molar-refractivity contribution is 4.95. The van der Waals surface area contributed by atoms with Crippen molar-refractivity contribution in [3.8, 4) is 0 Å². The van der Waals surface area contributed by atoms with Gasteiger partial charge in [-0.3, -0.25) is 0 Å². The van der Waals surface area contributed by atoms with E-state index in [4.69, 9.17) is 0 Å². The van der Waals surface area contributed by atoms with E-state index in [0.29, 0.717) is 0 Å². The second-order valence-electron chi connectivity index (χ2n) is 6.59. The molecular weight excluding hydrogens is 206 g/mol. The van der Waals surface area contributed by atoms with Gasteiger partial charge in [0.1, 0.15) is 0 Å². The molecule has 1 heteroatoms. The molecule has 0 amide bonds. The van der Waals surface area contributed by atoms with E-state index in [9.17, 15) is 0 Å². The van der Waals surface area contributed by atoms with E-state index in [1.165, 1.54) is 38.5 Å². The van der Waals surface area contributed by atoms with E-state index in [0.717, 1.165) is 24.9 Å². The van der Waals surface area contributed by atoms with Gasteiger partial charge in [0.2, 0.25) is 0 Å². The summed E-state index contributed by atoms with van der Waals surface area (Å²) in [6, 6.07) is 0. The zero-order chi connectivity index (χ0) is 12.7. The molecular formula is C16H31N. The average Bonchev–Trinajstić information content (AvgIpc) is 2.30. The maximum absolute atomic E-state index is 4.06. The molecule has 1 fully saturated rings. The van der Waals surface area contributed by atoms with Crippen LogP contribution in [0.15, 0.2) is 12.7 Å². The SMILES string of the molecule is C=CC(C)(CNCC(C)C)CC1CCCCC1. The molecule has 17 heavy (non-hydrogen) atoms. The second-order valence-corrected chi connectivity index (χ2v) is 6.59. The van der Waals surface area contributed by atoms with Crippen molar-refractivity contribution in [3.63, 3.8) is 0 Å². The molecule has 1 aliphatic rings. The lowest BCUT2D eigenvalue weighted by molar-refractivity contribution is 0.240. The van der Waals surface area contributed by atoms with Crippen molar-refractivity contribution in [1.82, 2.24) is 5.32 Å². The molecule has 0 aromatic rings. The topological polar surface area (TPSA) is 12.0 Å². The standard InChI is InChI=1S/C16H31N/c1-5-16(4,13-17-12-14(2)3)11-15-9-7-6-8-10-15/h5,14-15,17H,1,6-13H2,2-4H3. The summed E-state index contributed by atoms with van der Waals surface area (Å²) in [6.45, 7) is 13.2. The summed E-state index contributed by atoms with van der Waals surface area (Å²) < 4.78 is 0. The Morgan fingerprint density at radius 2 is 1.94 bits per heavy atom. The predicted molar refractivity (Wildman–Crippen MR) is 77.2 cm³/mol. The first kappa shape index (κ1) is 14.8. The smallest absolute Gasteiger partial charge is 0.00400 e. The molecule has 0 aliphatic heterocycles. The van der Waals surface area contributed by atoms with E-state index < -0.39 is 0 Å². The first-order valence-corrected chi connectivity index (χ1v) is 7.40. The van der Waals surface area contributed by atoms with E-state index >= 15 is 0 Å². The fourth-order valence-electron chi connectivity index (χ4n) is 2.92. The van der Waals surface area contributed by atoms with Crippen LogP contribution in [0.2, 0.25) is 0 Å². The molecule has 1 unspecified atom stereocenters. The number of nitrogens with one attached hydrogen (secondary N) is 1. The van der Waals surface area contributed by atoms with Crippen LogP contribution in [-0.4, -0.2) is 13.1 Å². The quantitative estimate of drug-likeness (QED) is 0.647. The van der Waals surface area contributed by atoms with Gasteiger partial charge in [-0.2, -0.15) is 0 Å². The fraction of sp³-hybridized carbons (Fsp3) is 0.875. The van der Waals surface area contributed by atoms with Crippen LogP contribution in [0.4, 0.5) is 0 Å². The maximum atomic E-state index is 4.06. The minimum absolute atomic E-state index is 0.289. The summed E-state index contributed by atoms with van der Waals surface area (Å²) in [6.07, 6.45) is 10.7. The van der Waals surface area contributed by atoms with Crippen LogP contribution in [0, 0.1) is 17.3 Å². The third-order valence-corrected chi connectivity index (χ3v) is 4.05. The first-order chi connectivity index (χ1) is 8.06. The summed E-state index contributed by atoms with van der Waals surface area (Å²) in [5.41, 5.74) is 0.289. The Morgan fingerprint density at radius 1 is 1.29 bits per heavy atom. The van der Waals surface area contributed by atoms with Crippen LogP contribution in [0.3, 0.4) is 0 Å². The highest BCUT2D eigenvalue weighted by Crippen LogP contribution is 2.35. The molecule has 1 aliphatic carbocycles. The monoisotopic (exact) mass is 237 g/mol. The first-order valence-electron chi connectivity index (χ1n) is 7.40. The Balaban J connectivity index is 2.35. The minimum atomic E-state index is 0.289. The van der Waals surface area contributed by atoms with Crippen LogP contribution in [0.1, 0.15) is 59.3 Å². The molecule has 0 spiro atoms. The van der Waals surface area contributed by atoms with E-state index in [-0.39, 0.29) is 5.41 Å². The summed E-state index contributed by atoms with van der Waals surface area (Å²) >= 11 is 0. The lowest BCUT2D eigenvalue weighted by Gasteiger charge is -2.33. The molecule has 1 nitrogen and oxygen atoms in total. The van der Waals surface area contributed by atoms with Crippen LogP contribution in [0.25, 0.3) is 0 Å². The van der Waals surface area contributed by atoms with Crippen molar-refractivity contribution in [3.05, 3.63) is 12.7 Å². The van der Waals surface area contributed by atoms with Gasteiger partial charge in [0.05, 0.1) is 0 Å². The van der Waals surface area contributed by atoms with Crippen LogP contribution in [0.5, 0.6) is 0 Å². The van der Waals surface area contributed by atoms with Crippen molar-refractivity contribution >= 4 is 0 Å². The molecule has 0 aromatic carbocycles. The molecule has 1 atom stereocenters. The summed E-state index contributed by atoms with van der Waals surface area (Å²) in [5, 5.41) is 3.59. The third-order valence-electron chi connectivity index (χ3n) is 4.05. The van der Waals surface area contributed by atoms with Gasteiger partial charge in [0.15, 0.2) is 0 Å². The summed E-state index contributed by atoms with van der Waals surface area (Å²) in [5.74, 6) is 1.67. The largest absolute Gasteiger partial charge is 0.316 e. The van der Waals surface area contributed by atoms with Crippen LogP contribution < -0.4 is 5.32 Å². The number of rotatable bonds is 7. The molecule has 0 bridgehead atoms. The highest BCUT2D eigenvalue weighted by atomic mass is 14.9. The van der Waals surface area contributed by atoms with Crippen LogP contribution >= 0.6 is 0 Å². The molecule has 1 saturated carbocycles. The van der Waals surface area contributed by atoms with Gasteiger partial charge in [-0.05, 0) is 30.2 Å². The molecule has 0 radical (unpaired) electrons. The van der Waals surface area contributed by atoms with Gasteiger partial charge in [0.25, 0.3) is 0 Å². The second kappa shape index (κ2) is 7.20. The predicted octanol–water partition coefficient (Wildman–Crippen LogP) is 4.39. The Kier molecular flexibility index (Phi) is 6.26. The minimum Gasteiger partial charge on any atom is -0.316 e. The van der Waals surface area contributed by atoms with Crippen molar-refractivity contribution < 1.29 is 0 Å². The molecule has 0 aromatic heterocycles. The van der Waals surface area contributed by atoms with Crippen molar-refractivity contribution in [2.45, 2.75) is 59.3 Å². The Labute approximate surface area is 108 Å². The number of hydrogen-bond donors (Lipinski definition) is 1. The van der Waals surface area contributed by atoms with Crippen molar-refractivity contribution in [2.75, 3.05) is 13.1 Å². The van der Waals surface area contributed by atoms with Crippen LogP contribution in [-0.2, 0) is 0 Å². The Hall–Kier alpha value is -0.300. The van der Waals surface area contributed by atoms with Gasteiger partial charge in [0, 0.05) is 6.54 Å². The fourth-order valence-corrected chi connectivity index (χ4v) is 2.92. The van der Waals surface area contributed by atoms with Gasteiger partial charge in [-0.25, -0.2) is 0 Å². The van der Waals surface area contributed by atoms with Crippen molar-refractivity contribution in [1.29, 1.82) is 0 Å². The van der Waals surface area contributed by atoms with Crippen molar-refractivity contribution in [2.24, 2.45) is 17.3 Å². The lowest BCUT2D eigenvalue weighted by Crippen LogP contribution is -2.34. The van der Waals surface area contributed by atoms with Gasteiger partial charge in [-0.1, -0.05) is 59.0 Å². The third kappa shape index (κ3) is 5.72. The zero-order valence-corrected chi connectivity index (χ0v) is 12.1. The highest BCUT2D eigenvalue weighted by Gasteiger charge is 2.25. The normalized spacial score (nSPS) is 21.4. The Morgan fingerprint density at radius 3 is 2.47 bits per heavy atom. The summed E-state index contributed by atoms with van der Waals surface area (Å²) in [4.78, 5) is 0. The summed E-state index contributed by atoms with van der Waals surface area (Å²) in [7, 11) is 0. The molecule has 1 N–H and O–H groups in total. The van der Waals surface area contributed by atoms with E-state index in [1.54, 1.807) is 0 Å². The molecule has 1 rings (SSSR count).